The molecule has 0 aliphatic carbocycles. The Labute approximate surface area is 99.8 Å². The highest BCUT2D eigenvalue weighted by atomic mass is 16.5. The van der Waals surface area contributed by atoms with Gasteiger partial charge in [0.05, 0.1) is 7.11 Å². The molecular weight excluding hydrogens is 196 g/mol. The summed E-state index contributed by atoms with van der Waals surface area (Å²) in [5.41, 5.74) is 1.43. The molecule has 1 rings (SSSR count). The summed E-state index contributed by atoms with van der Waals surface area (Å²) in [7, 11) is 1.71. The number of hydrogen-bond donors (Lipinski definition) is 0. The lowest BCUT2D eigenvalue weighted by atomic mass is 9.79. The zero-order valence-electron chi connectivity index (χ0n) is 11.2. The first-order valence-corrected chi connectivity index (χ1v) is 6.24. The van der Waals surface area contributed by atoms with Gasteiger partial charge in [0.15, 0.2) is 0 Å². The Balaban J connectivity index is 2.86. The van der Waals surface area contributed by atoms with Gasteiger partial charge in [0.1, 0.15) is 5.75 Å². The molecule has 1 aromatic rings. The zero-order valence-corrected chi connectivity index (χ0v) is 11.2. The SMILES string of the molecule is CCC(c1ccc(OC)cc1)C(C)C(C)C. The van der Waals surface area contributed by atoms with Crippen LogP contribution in [-0.2, 0) is 0 Å². The summed E-state index contributed by atoms with van der Waals surface area (Å²) < 4.78 is 5.19. The maximum absolute atomic E-state index is 5.19. The monoisotopic (exact) mass is 220 g/mol. The van der Waals surface area contributed by atoms with Crippen molar-refractivity contribution in [1.29, 1.82) is 0 Å². The Morgan fingerprint density at radius 3 is 2.00 bits per heavy atom. The molecule has 0 heterocycles. The van der Waals surface area contributed by atoms with Crippen molar-refractivity contribution in [1.82, 2.24) is 0 Å². The summed E-state index contributed by atoms with van der Waals surface area (Å²) in [6.45, 7) is 9.23. The van der Waals surface area contributed by atoms with Gasteiger partial charge in [0.25, 0.3) is 0 Å². The van der Waals surface area contributed by atoms with Crippen molar-refractivity contribution >= 4 is 0 Å². The van der Waals surface area contributed by atoms with E-state index in [2.05, 4.69) is 52.0 Å². The molecule has 16 heavy (non-hydrogen) atoms. The van der Waals surface area contributed by atoms with Gasteiger partial charge in [-0.2, -0.15) is 0 Å². The lowest BCUT2D eigenvalue weighted by molar-refractivity contribution is 0.339. The highest BCUT2D eigenvalue weighted by Crippen LogP contribution is 2.33. The fourth-order valence-electron chi connectivity index (χ4n) is 2.23. The predicted octanol–water partition coefficient (Wildman–Crippen LogP) is 4.48. The fraction of sp³-hybridized carbons (Fsp3) is 0.600. The number of ether oxygens (including phenoxy) is 1. The Morgan fingerprint density at radius 1 is 1.06 bits per heavy atom. The Morgan fingerprint density at radius 2 is 1.62 bits per heavy atom. The smallest absolute Gasteiger partial charge is 0.118 e. The molecular formula is C15H24O. The minimum Gasteiger partial charge on any atom is -0.497 e. The lowest BCUT2D eigenvalue weighted by Gasteiger charge is -2.26. The van der Waals surface area contributed by atoms with Gasteiger partial charge in [-0.25, -0.2) is 0 Å². The normalized spacial score (nSPS) is 14.9. The standard InChI is InChI=1S/C15H24O/c1-6-15(12(4)11(2)3)13-7-9-14(16-5)10-8-13/h7-12,15H,6H2,1-5H3. The average molecular weight is 220 g/mol. The number of rotatable bonds is 5. The molecule has 0 N–H and O–H groups in total. The molecule has 0 aromatic heterocycles. The highest BCUT2D eigenvalue weighted by Gasteiger charge is 2.20. The molecule has 1 aromatic carbocycles. The Hall–Kier alpha value is -0.980. The van der Waals surface area contributed by atoms with Crippen LogP contribution in [0.5, 0.6) is 5.75 Å². The Bertz CT molecular complexity index is 300. The van der Waals surface area contributed by atoms with Crippen LogP contribution in [0.4, 0.5) is 0 Å². The van der Waals surface area contributed by atoms with Crippen molar-refractivity contribution in [2.24, 2.45) is 11.8 Å². The third kappa shape index (κ3) is 3.01. The van der Waals surface area contributed by atoms with Gasteiger partial charge in [0, 0.05) is 0 Å². The van der Waals surface area contributed by atoms with Crippen LogP contribution in [0.25, 0.3) is 0 Å². The maximum atomic E-state index is 5.19. The third-order valence-corrected chi connectivity index (χ3v) is 3.67. The largest absolute Gasteiger partial charge is 0.497 e. The first-order chi connectivity index (χ1) is 7.60. The van der Waals surface area contributed by atoms with Crippen molar-refractivity contribution in [2.75, 3.05) is 7.11 Å². The summed E-state index contributed by atoms with van der Waals surface area (Å²) in [5, 5.41) is 0. The molecule has 90 valence electrons. The van der Waals surface area contributed by atoms with E-state index in [-0.39, 0.29) is 0 Å². The molecule has 0 saturated heterocycles. The molecule has 0 aliphatic rings. The first kappa shape index (κ1) is 13.1. The zero-order chi connectivity index (χ0) is 12.1. The van der Waals surface area contributed by atoms with E-state index in [0.717, 1.165) is 17.6 Å². The van der Waals surface area contributed by atoms with Crippen molar-refractivity contribution in [3.63, 3.8) is 0 Å². The van der Waals surface area contributed by atoms with Crippen molar-refractivity contribution in [3.8, 4) is 5.75 Å². The molecule has 1 heteroatoms. The van der Waals surface area contributed by atoms with Crippen molar-refractivity contribution in [3.05, 3.63) is 29.8 Å². The molecule has 2 atom stereocenters. The number of hydrogen-bond acceptors (Lipinski definition) is 1. The van der Waals surface area contributed by atoms with E-state index < -0.39 is 0 Å². The second kappa shape index (κ2) is 5.93. The highest BCUT2D eigenvalue weighted by molar-refractivity contribution is 5.29. The first-order valence-electron chi connectivity index (χ1n) is 6.24. The molecule has 0 spiro atoms. The third-order valence-electron chi connectivity index (χ3n) is 3.67. The van der Waals surface area contributed by atoms with Crippen LogP contribution < -0.4 is 4.74 Å². The van der Waals surface area contributed by atoms with Crippen LogP contribution in [0.2, 0.25) is 0 Å². The summed E-state index contributed by atoms with van der Waals surface area (Å²) in [4.78, 5) is 0. The van der Waals surface area contributed by atoms with Gasteiger partial charge in [0.2, 0.25) is 0 Å². The van der Waals surface area contributed by atoms with E-state index >= 15 is 0 Å². The molecule has 0 fully saturated rings. The van der Waals surface area contributed by atoms with E-state index in [1.54, 1.807) is 7.11 Å². The molecule has 0 amide bonds. The average Bonchev–Trinajstić information content (AvgIpc) is 2.30. The Kier molecular flexibility index (Phi) is 4.85. The summed E-state index contributed by atoms with van der Waals surface area (Å²) in [5.74, 6) is 3.05. The second-order valence-electron chi connectivity index (χ2n) is 4.89. The summed E-state index contributed by atoms with van der Waals surface area (Å²) in [6, 6.07) is 8.52. The van der Waals surface area contributed by atoms with E-state index in [1.165, 1.54) is 12.0 Å². The van der Waals surface area contributed by atoms with Crippen molar-refractivity contribution < 1.29 is 4.74 Å². The minimum atomic E-state index is 0.658. The lowest BCUT2D eigenvalue weighted by Crippen LogP contribution is -2.14. The molecule has 0 radical (unpaired) electrons. The van der Waals surface area contributed by atoms with Crippen LogP contribution in [-0.4, -0.2) is 7.11 Å². The minimum absolute atomic E-state index is 0.658. The summed E-state index contributed by atoms with van der Waals surface area (Å²) >= 11 is 0. The topological polar surface area (TPSA) is 9.23 Å². The summed E-state index contributed by atoms with van der Waals surface area (Å²) in [6.07, 6.45) is 1.20. The molecule has 0 bridgehead atoms. The van der Waals surface area contributed by atoms with Gasteiger partial charge >= 0.3 is 0 Å². The number of benzene rings is 1. The second-order valence-corrected chi connectivity index (χ2v) is 4.89. The van der Waals surface area contributed by atoms with Gasteiger partial charge in [-0.05, 0) is 41.9 Å². The van der Waals surface area contributed by atoms with Crippen LogP contribution in [0.1, 0.15) is 45.6 Å². The quantitative estimate of drug-likeness (QED) is 0.711. The number of methoxy groups -OCH3 is 1. The molecule has 2 unspecified atom stereocenters. The van der Waals surface area contributed by atoms with Gasteiger partial charge in [-0.1, -0.05) is 39.8 Å². The predicted molar refractivity (Wildman–Crippen MR) is 70.0 cm³/mol. The van der Waals surface area contributed by atoms with Crippen LogP contribution in [0, 0.1) is 11.8 Å². The molecule has 1 nitrogen and oxygen atoms in total. The molecule has 0 aliphatic heterocycles. The van der Waals surface area contributed by atoms with E-state index in [1.807, 2.05) is 0 Å². The van der Waals surface area contributed by atoms with E-state index in [4.69, 9.17) is 4.74 Å². The van der Waals surface area contributed by atoms with Crippen LogP contribution in [0.15, 0.2) is 24.3 Å². The van der Waals surface area contributed by atoms with Crippen LogP contribution >= 0.6 is 0 Å². The van der Waals surface area contributed by atoms with Crippen molar-refractivity contribution in [2.45, 2.75) is 40.0 Å². The maximum Gasteiger partial charge on any atom is 0.118 e. The van der Waals surface area contributed by atoms with E-state index in [0.29, 0.717) is 5.92 Å². The van der Waals surface area contributed by atoms with Gasteiger partial charge < -0.3 is 4.74 Å². The van der Waals surface area contributed by atoms with Gasteiger partial charge in [-0.3, -0.25) is 0 Å². The van der Waals surface area contributed by atoms with Crippen LogP contribution in [0.3, 0.4) is 0 Å². The molecule has 0 saturated carbocycles. The van der Waals surface area contributed by atoms with Gasteiger partial charge in [-0.15, -0.1) is 0 Å². The fourth-order valence-corrected chi connectivity index (χ4v) is 2.23. The van der Waals surface area contributed by atoms with E-state index in [9.17, 15) is 0 Å².